The van der Waals surface area contributed by atoms with Crippen molar-refractivity contribution in [2.75, 3.05) is 0 Å². The fourth-order valence-corrected chi connectivity index (χ4v) is 6.39. The molecule has 0 bridgehead atoms. The average molecular weight is 882 g/mol. The summed E-state index contributed by atoms with van der Waals surface area (Å²) in [4.78, 5) is 32.4. The number of alkyl halides is 6. The molecule has 6 rings (SSSR count). The number of hydrogen-bond donors (Lipinski definition) is 2. The number of nitrogens with zero attached hydrogens (tertiary/aromatic N) is 6. The zero-order chi connectivity index (χ0) is 44.1. The highest BCUT2D eigenvalue weighted by Crippen LogP contribution is 2.34. The van der Waals surface area contributed by atoms with Crippen molar-refractivity contribution >= 4 is 35.0 Å². The van der Waals surface area contributed by atoms with Gasteiger partial charge in [0.15, 0.2) is 11.6 Å². The highest BCUT2D eigenvalue weighted by atomic mass is 35.5. The van der Waals surface area contributed by atoms with Crippen LogP contribution in [-0.4, -0.2) is 41.3 Å². The molecule has 2 amide bonds. The summed E-state index contributed by atoms with van der Waals surface area (Å²) in [7, 11) is 0. The van der Waals surface area contributed by atoms with Crippen molar-refractivity contribution < 1.29 is 44.7 Å². The Morgan fingerprint density at radius 3 is 1.62 bits per heavy atom. The molecule has 0 radical (unpaired) electrons. The largest absolute Gasteiger partial charge is 0.420 e. The van der Waals surface area contributed by atoms with Crippen LogP contribution in [0.15, 0.2) is 73.1 Å². The minimum absolute atomic E-state index is 0.0110. The lowest BCUT2D eigenvalue weighted by Crippen LogP contribution is -2.25. The summed E-state index contributed by atoms with van der Waals surface area (Å²) < 4.78 is 107. The number of aromatic nitrogens is 6. The molecule has 0 spiro atoms. The fourth-order valence-electron chi connectivity index (χ4n) is 5.92. The van der Waals surface area contributed by atoms with Crippen LogP contribution in [0.5, 0.6) is 0 Å². The van der Waals surface area contributed by atoms with Gasteiger partial charge < -0.3 is 10.6 Å². The van der Waals surface area contributed by atoms with Gasteiger partial charge in [-0.15, -0.1) is 0 Å². The van der Waals surface area contributed by atoms with E-state index in [4.69, 9.17) is 23.2 Å². The monoisotopic (exact) mass is 880 g/mol. The van der Waals surface area contributed by atoms with Gasteiger partial charge in [-0.25, -0.2) is 28.1 Å². The highest BCUT2D eigenvalue weighted by molar-refractivity contribution is 6.31. The Morgan fingerprint density at radius 2 is 1.17 bits per heavy atom. The second kappa shape index (κ2) is 18.6. The number of carbonyl (C=O) groups excluding carboxylic acids is 2. The molecule has 316 valence electrons. The maximum atomic E-state index is 13.3. The number of carbonyl (C=O) groups is 2. The second-order valence-electron chi connectivity index (χ2n) is 13.3. The molecule has 0 aliphatic carbocycles. The van der Waals surface area contributed by atoms with E-state index in [1.807, 2.05) is 0 Å². The quantitative estimate of drug-likeness (QED) is 0.133. The van der Waals surface area contributed by atoms with Crippen LogP contribution in [0.3, 0.4) is 0 Å². The first-order valence-electron chi connectivity index (χ1n) is 17.7. The molecule has 0 fully saturated rings. The van der Waals surface area contributed by atoms with Gasteiger partial charge in [0.1, 0.15) is 17.2 Å². The van der Waals surface area contributed by atoms with E-state index in [-0.39, 0.29) is 59.4 Å². The Balaban J connectivity index is 0.000000228. The van der Waals surface area contributed by atoms with Gasteiger partial charge in [0.05, 0.1) is 29.8 Å². The van der Waals surface area contributed by atoms with Gasteiger partial charge >= 0.3 is 12.4 Å². The first kappa shape index (κ1) is 45.2. The third-order valence-corrected chi connectivity index (χ3v) is 9.83. The van der Waals surface area contributed by atoms with Crippen molar-refractivity contribution in [2.45, 2.75) is 66.0 Å². The molecular weight excluding hydrogens is 847 g/mol. The molecule has 20 heteroatoms. The normalized spacial score (nSPS) is 11.6. The average Bonchev–Trinajstić information content (AvgIpc) is 3.62. The Labute approximate surface area is 347 Å². The molecule has 2 aromatic carbocycles. The van der Waals surface area contributed by atoms with Crippen LogP contribution in [0, 0.1) is 39.3 Å². The van der Waals surface area contributed by atoms with Gasteiger partial charge in [0.2, 0.25) is 11.8 Å². The molecule has 0 unspecified atom stereocenters. The Morgan fingerprint density at radius 1 is 0.667 bits per heavy atom. The van der Waals surface area contributed by atoms with Crippen molar-refractivity contribution in [3.63, 3.8) is 0 Å². The summed E-state index contributed by atoms with van der Waals surface area (Å²) in [5.41, 5.74) is 2.43. The molecule has 4 heterocycles. The number of nitrogens with one attached hydrogen (secondary N) is 2. The number of halogens is 10. The van der Waals surface area contributed by atoms with Crippen LogP contribution in [0.1, 0.15) is 56.2 Å². The van der Waals surface area contributed by atoms with Gasteiger partial charge in [-0.05, 0) is 87.4 Å². The highest BCUT2D eigenvalue weighted by Gasteiger charge is 2.36. The number of pyridine rings is 2. The molecule has 4 aromatic heterocycles. The minimum Gasteiger partial charge on any atom is -0.352 e. The lowest BCUT2D eigenvalue weighted by atomic mass is 10.1. The number of hydrogen-bond acceptors (Lipinski definition) is 6. The van der Waals surface area contributed by atoms with E-state index in [1.165, 1.54) is 53.3 Å². The summed E-state index contributed by atoms with van der Waals surface area (Å²) in [6, 6.07) is 12.0. The standard InChI is InChI=1S/2C20H17ClF4N4O/c1-11-16(8-19(30)27-9-13-3-5-15(22)7-17(13)21)12(2)29(28-11)18-6-4-14(10-26-18)20(23,24)25;1-11-15(9-18(30)27-10-13-5-6-14(22)8-17(13)21)12(2)29(28-11)19-16(20(23,24)25)4-3-7-26-19/h3-7,10H,8-9H2,1-2H3,(H,27,30);3-8H,9-10H2,1-2H3,(H,27,30). The summed E-state index contributed by atoms with van der Waals surface area (Å²) in [6.07, 6.45) is -7.16. The molecular formula is C40H34Cl2F8N8O2. The van der Waals surface area contributed by atoms with Crippen LogP contribution in [0.2, 0.25) is 10.0 Å². The lowest BCUT2D eigenvalue weighted by molar-refractivity contribution is -0.138. The number of benzene rings is 2. The van der Waals surface area contributed by atoms with Crippen molar-refractivity contribution in [2.24, 2.45) is 0 Å². The molecule has 6 aromatic rings. The molecule has 10 nitrogen and oxygen atoms in total. The van der Waals surface area contributed by atoms with Crippen LogP contribution >= 0.6 is 23.2 Å². The zero-order valence-corrected chi connectivity index (χ0v) is 33.5. The van der Waals surface area contributed by atoms with E-state index in [9.17, 15) is 44.7 Å². The van der Waals surface area contributed by atoms with E-state index in [0.717, 1.165) is 29.1 Å². The molecule has 0 saturated heterocycles. The summed E-state index contributed by atoms with van der Waals surface area (Å²) in [6.45, 7) is 6.81. The van der Waals surface area contributed by atoms with Crippen molar-refractivity contribution in [1.82, 2.24) is 40.2 Å². The predicted octanol–water partition coefficient (Wildman–Crippen LogP) is 9.11. The van der Waals surface area contributed by atoms with E-state index in [2.05, 4.69) is 30.8 Å². The van der Waals surface area contributed by atoms with Gasteiger partial charge in [0, 0.05) is 58.0 Å². The second-order valence-corrected chi connectivity index (χ2v) is 14.1. The Bertz CT molecular complexity index is 2520. The Hall–Kier alpha value is -5.88. The Kier molecular flexibility index (Phi) is 14.0. The van der Waals surface area contributed by atoms with Crippen molar-refractivity contribution in [1.29, 1.82) is 0 Å². The van der Waals surface area contributed by atoms with Crippen LogP contribution in [0.25, 0.3) is 11.6 Å². The van der Waals surface area contributed by atoms with Gasteiger partial charge in [-0.2, -0.15) is 36.5 Å². The summed E-state index contributed by atoms with van der Waals surface area (Å²) in [5.74, 6) is -1.77. The van der Waals surface area contributed by atoms with Crippen LogP contribution < -0.4 is 10.6 Å². The third-order valence-electron chi connectivity index (χ3n) is 9.12. The number of aryl methyl sites for hydroxylation is 2. The van der Waals surface area contributed by atoms with Crippen LogP contribution in [-0.2, 0) is 47.9 Å². The molecule has 0 aliphatic rings. The number of amides is 2. The summed E-state index contributed by atoms with van der Waals surface area (Å²) >= 11 is 11.9. The predicted molar refractivity (Wildman–Crippen MR) is 206 cm³/mol. The third kappa shape index (κ3) is 11.0. The SMILES string of the molecule is Cc1nn(-c2ccc(C(F)(F)F)cn2)c(C)c1CC(=O)NCc1ccc(F)cc1Cl.Cc1nn(-c2ncccc2C(F)(F)F)c(C)c1CC(=O)NCc1ccc(F)cc1Cl. The molecule has 2 N–H and O–H groups in total. The lowest BCUT2D eigenvalue weighted by Gasteiger charge is -2.12. The van der Waals surface area contributed by atoms with E-state index < -0.39 is 35.1 Å². The smallest absolute Gasteiger partial charge is 0.352 e. The van der Waals surface area contributed by atoms with E-state index in [0.29, 0.717) is 45.0 Å². The van der Waals surface area contributed by atoms with Gasteiger partial charge in [-0.1, -0.05) is 35.3 Å². The summed E-state index contributed by atoms with van der Waals surface area (Å²) in [5, 5.41) is 14.2. The fraction of sp³-hybridized carbons (Fsp3) is 0.250. The minimum atomic E-state index is -4.60. The maximum Gasteiger partial charge on any atom is 0.420 e. The van der Waals surface area contributed by atoms with Gasteiger partial charge in [0.25, 0.3) is 0 Å². The van der Waals surface area contributed by atoms with Crippen molar-refractivity contribution in [3.8, 4) is 11.6 Å². The van der Waals surface area contributed by atoms with Crippen molar-refractivity contribution in [3.05, 3.63) is 151 Å². The van der Waals surface area contributed by atoms with Crippen LogP contribution in [0.4, 0.5) is 35.1 Å². The topological polar surface area (TPSA) is 120 Å². The molecule has 0 saturated carbocycles. The van der Waals surface area contributed by atoms with E-state index in [1.54, 1.807) is 27.7 Å². The molecule has 0 atom stereocenters. The first-order chi connectivity index (χ1) is 28.1. The zero-order valence-electron chi connectivity index (χ0n) is 32.0. The molecule has 0 aliphatic heterocycles. The van der Waals surface area contributed by atoms with E-state index >= 15 is 0 Å². The van der Waals surface area contributed by atoms with Gasteiger partial charge in [-0.3, -0.25) is 9.59 Å². The maximum absolute atomic E-state index is 13.3. The number of rotatable bonds is 10. The molecule has 60 heavy (non-hydrogen) atoms. The first-order valence-corrected chi connectivity index (χ1v) is 18.5.